The molecule has 20 heavy (non-hydrogen) atoms. The second-order valence-corrected chi connectivity index (χ2v) is 5.37. The molecular formula is C19H19N. The normalized spacial score (nSPS) is 14.7. The molecule has 1 aliphatic carbocycles. The molecule has 0 aromatic heterocycles. The minimum Gasteiger partial charge on any atom is -0.398 e. The van der Waals surface area contributed by atoms with Crippen LogP contribution in [0.1, 0.15) is 25.3 Å². The molecule has 0 fully saturated rings. The number of benzene rings is 2. The zero-order valence-electron chi connectivity index (χ0n) is 11.8. The van der Waals surface area contributed by atoms with Gasteiger partial charge in [0.15, 0.2) is 0 Å². The number of anilines is 1. The van der Waals surface area contributed by atoms with Gasteiger partial charge in [0, 0.05) is 11.3 Å². The minimum absolute atomic E-state index is 0.848. The van der Waals surface area contributed by atoms with Crippen LogP contribution in [0.25, 0.3) is 16.7 Å². The molecule has 2 N–H and O–H groups in total. The van der Waals surface area contributed by atoms with E-state index in [1.54, 1.807) is 0 Å². The van der Waals surface area contributed by atoms with Gasteiger partial charge in [-0.15, -0.1) is 0 Å². The average Bonchev–Trinajstić information content (AvgIpc) is 2.49. The largest absolute Gasteiger partial charge is 0.398 e. The van der Waals surface area contributed by atoms with Crippen LogP contribution in [0.15, 0.2) is 66.3 Å². The Balaban J connectivity index is 1.96. The van der Waals surface area contributed by atoms with E-state index in [4.69, 9.17) is 5.73 Å². The Morgan fingerprint density at radius 2 is 1.65 bits per heavy atom. The van der Waals surface area contributed by atoms with Gasteiger partial charge in [0.05, 0.1) is 0 Å². The third-order valence-electron chi connectivity index (χ3n) is 3.86. The van der Waals surface area contributed by atoms with Gasteiger partial charge < -0.3 is 5.73 Å². The molecule has 0 bridgehead atoms. The van der Waals surface area contributed by atoms with Crippen LogP contribution in [0.2, 0.25) is 0 Å². The maximum atomic E-state index is 6.24. The maximum Gasteiger partial charge on any atom is 0.0399 e. The van der Waals surface area contributed by atoms with Crippen molar-refractivity contribution in [2.24, 2.45) is 0 Å². The highest BCUT2D eigenvalue weighted by Crippen LogP contribution is 2.32. The van der Waals surface area contributed by atoms with Crippen LogP contribution in [0.3, 0.4) is 0 Å². The standard InChI is InChI=1S/C19H19N/c1-14-7-9-15(10-8-14)17-11-12-18(19(20)13-17)16-5-3-2-4-6-16/h2-7,9,11-13H,8,10,20H2,1H3. The summed E-state index contributed by atoms with van der Waals surface area (Å²) >= 11 is 0. The van der Waals surface area contributed by atoms with Gasteiger partial charge >= 0.3 is 0 Å². The van der Waals surface area contributed by atoms with E-state index >= 15 is 0 Å². The summed E-state index contributed by atoms with van der Waals surface area (Å²) < 4.78 is 0. The summed E-state index contributed by atoms with van der Waals surface area (Å²) in [5.41, 5.74) is 13.4. The Morgan fingerprint density at radius 3 is 2.30 bits per heavy atom. The van der Waals surface area contributed by atoms with Gasteiger partial charge in [-0.3, -0.25) is 0 Å². The SMILES string of the molecule is CC1=CC=C(c2ccc(-c3ccccc3)c(N)c2)CC1. The average molecular weight is 261 g/mol. The molecule has 1 aliphatic rings. The molecule has 100 valence electrons. The molecule has 0 radical (unpaired) electrons. The van der Waals surface area contributed by atoms with Crippen molar-refractivity contribution >= 4 is 11.3 Å². The highest BCUT2D eigenvalue weighted by Gasteiger charge is 2.09. The minimum atomic E-state index is 0.848. The van der Waals surface area contributed by atoms with Gasteiger partial charge in [-0.05, 0) is 42.5 Å². The third-order valence-corrected chi connectivity index (χ3v) is 3.86. The first-order valence-electron chi connectivity index (χ1n) is 7.06. The molecule has 0 spiro atoms. The zero-order chi connectivity index (χ0) is 13.9. The predicted octanol–water partition coefficient (Wildman–Crippen LogP) is 5.06. The number of hydrogen-bond acceptors (Lipinski definition) is 1. The van der Waals surface area contributed by atoms with E-state index in [0.717, 1.165) is 24.1 Å². The van der Waals surface area contributed by atoms with Crippen molar-refractivity contribution in [3.05, 3.63) is 71.8 Å². The molecule has 0 saturated carbocycles. The first-order valence-corrected chi connectivity index (χ1v) is 7.06. The second kappa shape index (κ2) is 5.38. The summed E-state index contributed by atoms with van der Waals surface area (Å²) in [5.74, 6) is 0. The Kier molecular flexibility index (Phi) is 3.42. The van der Waals surface area contributed by atoms with Gasteiger partial charge in [-0.1, -0.05) is 60.2 Å². The van der Waals surface area contributed by atoms with E-state index in [-0.39, 0.29) is 0 Å². The van der Waals surface area contributed by atoms with Crippen LogP contribution >= 0.6 is 0 Å². The number of allylic oxidation sites excluding steroid dienone is 4. The van der Waals surface area contributed by atoms with Gasteiger partial charge in [0.2, 0.25) is 0 Å². The first kappa shape index (κ1) is 12.7. The summed E-state index contributed by atoms with van der Waals surface area (Å²) in [6.45, 7) is 2.18. The van der Waals surface area contributed by atoms with Crippen molar-refractivity contribution < 1.29 is 0 Å². The lowest BCUT2D eigenvalue weighted by Crippen LogP contribution is -1.95. The van der Waals surface area contributed by atoms with Gasteiger partial charge in [-0.25, -0.2) is 0 Å². The lowest BCUT2D eigenvalue weighted by Gasteiger charge is -2.14. The Labute approximate surface area is 120 Å². The number of rotatable bonds is 2. The predicted molar refractivity (Wildman–Crippen MR) is 87.3 cm³/mol. The van der Waals surface area contributed by atoms with Crippen molar-refractivity contribution in [2.45, 2.75) is 19.8 Å². The van der Waals surface area contributed by atoms with Crippen LogP contribution in [-0.2, 0) is 0 Å². The molecule has 0 saturated heterocycles. The van der Waals surface area contributed by atoms with Gasteiger partial charge in [0.1, 0.15) is 0 Å². The highest BCUT2D eigenvalue weighted by atomic mass is 14.6. The van der Waals surface area contributed by atoms with Crippen LogP contribution < -0.4 is 5.73 Å². The smallest absolute Gasteiger partial charge is 0.0399 e. The molecule has 0 amide bonds. The molecule has 2 aromatic carbocycles. The maximum absolute atomic E-state index is 6.24. The summed E-state index contributed by atoms with van der Waals surface area (Å²) in [6, 6.07) is 16.7. The van der Waals surface area contributed by atoms with Crippen molar-refractivity contribution in [1.82, 2.24) is 0 Å². The monoisotopic (exact) mass is 261 g/mol. The van der Waals surface area contributed by atoms with Crippen LogP contribution in [0, 0.1) is 0 Å². The fourth-order valence-corrected chi connectivity index (χ4v) is 2.62. The van der Waals surface area contributed by atoms with Crippen molar-refractivity contribution in [3.8, 4) is 11.1 Å². The topological polar surface area (TPSA) is 26.0 Å². The Hall–Kier alpha value is -2.28. The molecular weight excluding hydrogens is 242 g/mol. The van der Waals surface area contributed by atoms with Crippen molar-refractivity contribution in [1.29, 1.82) is 0 Å². The quantitative estimate of drug-likeness (QED) is 0.751. The molecule has 2 aromatic rings. The molecule has 0 atom stereocenters. The first-order chi connectivity index (χ1) is 9.74. The zero-order valence-corrected chi connectivity index (χ0v) is 11.8. The van der Waals surface area contributed by atoms with E-state index in [1.807, 2.05) is 18.2 Å². The number of nitrogen functional groups attached to an aromatic ring is 1. The van der Waals surface area contributed by atoms with Crippen molar-refractivity contribution in [2.75, 3.05) is 5.73 Å². The van der Waals surface area contributed by atoms with Crippen LogP contribution in [0.5, 0.6) is 0 Å². The molecule has 0 unspecified atom stereocenters. The second-order valence-electron chi connectivity index (χ2n) is 5.37. The van der Waals surface area contributed by atoms with E-state index < -0.39 is 0 Å². The molecule has 0 aliphatic heterocycles. The van der Waals surface area contributed by atoms with Crippen LogP contribution in [-0.4, -0.2) is 0 Å². The van der Waals surface area contributed by atoms with Crippen molar-refractivity contribution in [3.63, 3.8) is 0 Å². The lowest BCUT2D eigenvalue weighted by atomic mass is 9.92. The van der Waals surface area contributed by atoms with Gasteiger partial charge in [-0.2, -0.15) is 0 Å². The molecule has 1 heteroatoms. The summed E-state index contributed by atoms with van der Waals surface area (Å²) in [4.78, 5) is 0. The van der Waals surface area contributed by atoms with E-state index in [2.05, 4.69) is 49.4 Å². The molecule has 1 nitrogen and oxygen atoms in total. The summed E-state index contributed by atoms with van der Waals surface area (Å²) in [5, 5.41) is 0. The van der Waals surface area contributed by atoms with Crippen LogP contribution in [0.4, 0.5) is 5.69 Å². The van der Waals surface area contributed by atoms with Gasteiger partial charge in [0.25, 0.3) is 0 Å². The lowest BCUT2D eigenvalue weighted by molar-refractivity contribution is 0.977. The Morgan fingerprint density at radius 1 is 0.850 bits per heavy atom. The number of nitrogens with two attached hydrogens (primary N) is 1. The fourth-order valence-electron chi connectivity index (χ4n) is 2.62. The Bertz CT molecular complexity index is 678. The highest BCUT2D eigenvalue weighted by molar-refractivity contribution is 5.81. The third kappa shape index (κ3) is 2.53. The fraction of sp³-hybridized carbons (Fsp3) is 0.158. The van der Waals surface area contributed by atoms with E-state index in [0.29, 0.717) is 0 Å². The van der Waals surface area contributed by atoms with E-state index in [1.165, 1.54) is 22.3 Å². The van der Waals surface area contributed by atoms with E-state index in [9.17, 15) is 0 Å². The molecule has 3 rings (SSSR count). The number of hydrogen-bond donors (Lipinski definition) is 1. The molecule has 0 heterocycles. The summed E-state index contributed by atoms with van der Waals surface area (Å²) in [6.07, 6.45) is 6.68. The summed E-state index contributed by atoms with van der Waals surface area (Å²) in [7, 11) is 0.